The number of hydrogen-bond acceptors (Lipinski definition) is 4. The van der Waals surface area contributed by atoms with Crippen LogP contribution in [0.4, 0.5) is 0 Å². The molecule has 3 fully saturated rings. The summed E-state index contributed by atoms with van der Waals surface area (Å²) in [4.78, 5) is 32.0. The van der Waals surface area contributed by atoms with E-state index in [9.17, 15) is 9.59 Å². The van der Waals surface area contributed by atoms with E-state index in [2.05, 4.69) is 22.0 Å². The maximum absolute atomic E-state index is 12.7. The van der Waals surface area contributed by atoms with Gasteiger partial charge in [0.2, 0.25) is 5.91 Å². The lowest BCUT2D eigenvalue weighted by atomic mass is 9.91. The van der Waals surface area contributed by atoms with Crippen molar-refractivity contribution in [2.45, 2.75) is 51.6 Å². The zero-order valence-corrected chi connectivity index (χ0v) is 17.8. The van der Waals surface area contributed by atoms with Gasteiger partial charge in [-0.1, -0.05) is 12.5 Å². The number of hydrogen-bond donors (Lipinski definition) is 1. The largest absolute Gasteiger partial charge is 0.348 e. The van der Waals surface area contributed by atoms with Crippen LogP contribution in [0.15, 0.2) is 18.2 Å². The van der Waals surface area contributed by atoms with E-state index < -0.39 is 0 Å². The van der Waals surface area contributed by atoms with E-state index in [4.69, 9.17) is 0 Å². The number of nitrogens with one attached hydrogen (secondary N) is 1. The Balaban J connectivity index is 1.21. The standard InChI is InChI=1S/C23H34N4O2/c1-17-6-7-19(14-18(17)2)23(29)24-20-8-9-25(15-20)16-22(28)27-12-10-26(11-13-27)21-4-3-5-21/h6-7,14,20-21H,3-5,8-13,15-16H2,1-2H3,(H,24,29). The van der Waals surface area contributed by atoms with Gasteiger partial charge in [-0.3, -0.25) is 19.4 Å². The van der Waals surface area contributed by atoms with Crippen LogP contribution >= 0.6 is 0 Å². The first-order valence-electron chi connectivity index (χ1n) is 11.1. The molecular formula is C23H34N4O2. The summed E-state index contributed by atoms with van der Waals surface area (Å²) in [5.41, 5.74) is 3.04. The number of rotatable bonds is 5. The van der Waals surface area contributed by atoms with Crippen LogP contribution < -0.4 is 5.32 Å². The molecule has 4 rings (SSSR count). The SMILES string of the molecule is Cc1ccc(C(=O)NC2CCN(CC(=O)N3CCN(C4CCC4)CC3)C2)cc1C. The normalized spacial score (nSPS) is 23.8. The molecule has 1 atom stereocenters. The van der Waals surface area contributed by atoms with Crippen LogP contribution in [0.5, 0.6) is 0 Å². The Hall–Kier alpha value is -1.92. The average Bonchev–Trinajstić information content (AvgIpc) is 3.10. The lowest BCUT2D eigenvalue weighted by Crippen LogP contribution is -2.55. The maximum Gasteiger partial charge on any atom is 0.251 e. The van der Waals surface area contributed by atoms with E-state index in [0.29, 0.717) is 12.1 Å². The van der Waals surface area contributed by atoms with Gasteiger partial charge in [-0.25, -0.2) is 0 Å². The lowest BCUT2D eigenvalue weighted by molar-refractivity contribution is -0.134. The Morgan fingerprint density at radius 3 is 2.41 bits per heavy atom. The number of benzene rings is 1. The molecule has 0 radical (unpaired) electrons. The average molecular weight is 399 g/mol. The Labute approximate surface area is 174 Å². The van der Waals surface area contributed by atoms with Crippen LogP contribution in [0.2, 0.25) is 0 Å². The monoisotopic (exact) mass is 398 g/mol. The second kappa shape index (κ2) is 8.84. The molecule has 2 aliphatic heterocycles. The summed E-state index contributed by atoms with van der Waals surface area (Å²) in [5.74, 6) is 0.220. The quantitative estimate of drug-likeness (QED) is 0.822. The molecule has 158 valence electrons. The van der Waals surface area contributed by atoms with Gasteiger partial charge in [-0.05, 0) is 56.4 Å². The molecule has 1 N–H and O–H groups in total. The molecule has 6 nitrogen and oxygen atoms in total. The Bertz CT molecular complexity index is 753. The third-order valence-electron chi connectivity index (χ3n) is 6.99. The molecule has 29 heavy (non-hydrogen) atoms. The number of nitrogens with zero attached hydrogens (tertiary/aromatic N) is 3. The zero-order chi connectivity index (χ0) is 20.4. The molecule has 2 heterocycles. The molecule has 6 heteroatoms. The van der Waals surface area contributed by atoms with Crippen molar-refractivity contribution in [3.63, 3.8) is 0 Å². The summed E-state index contributed by atoms with van der Waals surface area (Å²) in [6.07, 6.45) is 4.92. The topological polar surface area (TPSA) is 55.9 Å². The predicted octanol–water partition coefficient (Wildman–Crippen LogP) is 1.80. The van der Waals surface area contributed by atoms with E-state index in [1.54, 1.807) is 0 Å². The molecular weight excluding hydrogens is 364 g/mol. The summed E-state index contributed by atoms with van der Waals surface area (Å²) in [6.45, 7) is 9.93. The van der Waals surface area contributed by atoms with Crippen LogP contribution in [0.25, 0.3) is 0 Å². The Morgan fingerprint density at radius 2 is 1.76 bits per heavy atom. The molecule has 0 spiro atoms. The van der Waals surface area contributed by atoms with Gasteiger partial charge >= 0.3 is 0 Å². The Morgan fingerprint density at radius 1 is 1.00 bits per heavy atom. The molecule has 0 aromatic heterocycles. The van der Waals surface area contributed by atoms with Crippen molar-refractivity contribution in [3.05, 3.63) is 34.9 Å². The van der Waals surface area contributed by atoms with E-state index in [0.717, 1.165) is 57.3 Å². The fraction of sp³-hybridized carbons (Fsp3) is 0.652. The van der Waals surface area contributed by atoms with E-state index in [-0.39, 0.29) is 17.9 Å². The van der Waals surface area contributed by atoms with Gasteiger partial charge in [0.1, 0.15) is 0 Å². The lowest BCUT2D eigenvalue weighted by Gasteiger charge is -2.43. The summed E-state index contributed by atoms with van der Waals surface area (Å²) < 4.78 is 0. The number of likely N-dealkylation sites (tertiary alicyclic amines) is 1. The van der Waals surface area contributed by atoms with Crippen LogP contribution in [-0.2, 0) is 4.79 Å². The second-order valence-corrected chi connectivity index (χ2v) is 8.99. The second-order valence-electron chi connectivity index (χ2n) is 8.99. The third-order valence-corrected chi connectivity index (χ3v) is 6.99. The number of aryl methyl sites for hydroxylation is 2. The molecule has 1 aromatic carbocycles. The van der Waals surface area contributed by atoms with E-state index in [1.807, 2.05) is 30.0 Å². The summed E-state index contributed by atoms with van der Waals surface area (Å²) in [6, 6.07) is 6.72. The highest BCUT2D eigenvalue weighted by atomic mass is 16.2. The fourth-order valence-electron chi connectivity index (χ4n) is 4.63. The van der Waals surface area contributed by atoms with Gasteiger partial charge in [0, 0.05) is 56.9 Å². The molecule has 1 aliphatic carbocycles. The number of amides is 2. The van der Waals surface area contributed by atoms with Gasteiger partial charge < -0.3 is 10.2 Å². The van der Waals surface area contributed by atoms with Crippen molar-refractivity contribution in [2.24, 2.45) is 0 Å². The van der Waals surface area contributed by atoms with Crippen LogP contribution in [0, 0.1) is 13.8 Å². The van der Waals surface area contributed by atoms with E-state index >= 15 is 0 Å². The highest BCUT2D eigenvalue weighted by molar-refractivity contribution is 5.94. The highest BCUT2D eigenvalue weighted by Crippen LogP contribution is 2.25. The minimum atomic E-state index is -0.0154. The van der Waals surface area contributed by atoms with Crippen molar-refractivity contribution >= 4 is 11.8 Å². The minimum absolute atomic E-state index is 0.0154. The molecule has 2 amide bonds. The zero-order valence-electron chi connectivity index (χ0n) is 17.8. The first-order chi connectivity index (χ1) is 14.0. The van der Waals surface area contributed by atoms with Crippen LogP contribution in [-0.4, -0.2) is 84.4 Å². The Kier molecular flexibility index (Phi) is 6.20. The highest BCUT2D eigenvalue weighted by Gasteiger charge is 2.31. The third kappa shape index (κ3) is 4.81. The first kappa shape index (κ1) is 20.4. The maximum atomic E-state index is 12.7. The number of carbonyl (C=O) groups is 2. The molecule has 1 saturated carbocycles. The summed E-state index contributed by atoms with van der Waals surface area (Å²) >= 11 is 0. The fourth-order valence-corrected chi connectivity index (χ4v) is 4.63. The van der Waals surface area contributed by atoms with Gasteiger partial charge in [-0.2, -0.15) is 0 Å². The van der Waals surface area contributed by atoms with Crippen molar-refractivity contribution in [3.8, 4) is 0 Å². The predicted molar refractivity (Wildman–Crippen MR) is 114 cm³/mol. The van der Waals surface area contributed by atoms with Gasteiger partial charge in [0.05, 0.1) is 6.54 Å². The van der Waals surface area contributed by atoms with Crippen molar-refractivity contribution in [1.82, 2.24) is 20.0 Å². The molecule has 1 unspecified atom stereocenters. The van der Waals surface area contributed by atoms with Crippen molar-refractivity contribution in [1.29, 1.82) is 0 Å². The van der Waals surface area contributed by atoms with Crippen LogP contribution in [0.1, 0.15) is 47.2 Å². The van der Waals surface area contributed by atoms with E-state index in [1.165, 1.54) is 24.8 Å². The van der Waals surface area contributed by atoms with Gasteiger partial charge in [-0.15, -0.1) is 0 Å². The van der Waals surface area contributed by atoms with Gasteiger partial charge in [0.25, 0.3) is 5.91 Å². The van der Waals surface area contributed by atoms with Crippen molar-refractivity contribution < 1.29 is 9.59 Å². The minimum Gasteiger partial charge on any atom is -0.348 e. The molecule has 0 bridgehead atoms. The molecule has 2 saturated heterocycles. The van der Waals surface area contributed by atoms with Crippen LogP contribution in [0.3, 0.4) is 0 Å². The first-order valence-corrected chi connectivity index (χ1v) is 11.1. The smallest absolute Gasteiger partial charge is 0.251 e. The summed E-state index contributed by atoms with van der Waals surface area (Å²) in [7, 11) is 0. The number of piperazine rings is 1. The van der Waals surface area contributed by atoms with Crippen molar-refractivity contribution in [2.75, 3.05) is 45.8 Å². The number of carbonyl (C=O) groups excluding carboxylic acids is 2. The summed E-state index contributed by atoms with van der Waals surface area (Å²) in [5, 5.41) is 3.14. The molecule has 1 aromatic rings. The molecule has 3 aliphatic rings. The van der Waals surface area contributed by atoms with Gasteiger partial charge in [0.15, 0.2) is 0 Å².